The fourth-order valence-corrected chi connectivity index (χ4v) is 3.36. The first-order chi connectivity index (χ1) is 14.8. The molecule has 3 amide bonds. The lowest BCUT2D eigenvalue weighted by Gasteiger charge is -2.29. The lowest BCUT2D eigenvalue weighted by molar-refractivity contribution is -0.145. The van der Waals surface area contributed by atoms with Crippen molar-refractivity contribution in [2.75, 3.05) is 6.54 Å². The predicted octanol–water partition coefficient (Wildman–Crippen LogP) is -1.65. The minimum absolute atomic E-state index is 0.207. The first-order valence-corrected chi connectivity index (χ1v) is 10.2. The van der Waals surface area contributed by atoms with Crippen LogP contribution in [0.2, 0.25) is 0 Å². The molecule has 0 aromatic carbocycles. The van der Waals surface area contributed by atoms with Crippen molar-refractivity contribution in [2.24, 2.45) is 11.7 Å². The van der Waals surface area contributed by atoms with Crippen LogP contribution in [0, 0.1) is 5.92 Å². The van der Waals surface area contributed by atoms with Crippen molar-refractivity contribution in [3.05, 3.63) is 0 Å². The summed E-state index contributed by atoms with van der Waals surface area (Å²) in [6.07, 6.45) is -0.612. The van der Waals surface area contributed by atoms with E-state index in [-0.39, 0.29) is 13.0 Å². The Bertz CT molecular complexity index is 755. The highest BCUT2D eigenvalue weighted by Gasteiger charge is 2.38. The van der Waals surface area contributed by atoms with Crippen LogP contribution in [0.5, 0.6) is 0 Å². The van der Waals surface area contributed by atoms with Crippen molar-refractivity contribution in [2.45, 2.75) is 70.1 Å². The third-order valence-electron chi connectivity index (χ3n) is 5.06. The lowest BCUT2D eigenvalue weighted by atomic mass is 10.0. The third kappa shape index (κ3) is 7.80. The van der Waals surface area contributed by atoms with Gasteiger partial charge in [-0.25, -0.2) is 4.79 Å². The summed E-state index contributed by atoms with van der Waals surface area (Å²) < 4.78 is 0. The molecule has 0 bridgehead atoms. The second kappa shape index (κ2) is 12.0. The molecular weight excluding hydrogens is 428 g/mol. The summed E-state index contributed by atoms with van der Waals surface area (Å²) in [5, 5.41) is 31.5. The topological polar surface area (TPSA) is 216 Å². The number of rotatable bonds is 12. The quantitative estimate of drug-likeness (QED) is 0.196. The fraction of sp³-hybridized carbons (Fsp3) is 0.684. The monoisotopic (exact) mass is 458 g/mol. The maximum atomic E-state index is 12.8. The summed E-state index contributed by atoms with van der Waals surface area (Å²) >= 11 is 0. The van der Waals surface area contributed by atoms with Gasteiger partial charge in [0.1, 0.15) is 18.1 Å². The van der Waals surface area contributed by atoms with Crippen molar-refractivity contribution in [3.8, 4) is 0 Å². The number of amides is 3. The van der Waals surface area contributed by atoms with E-state index in [4.69, 9.17) is 15.9 Å². The van der Waals surface area contributed by atoms with E-state index in [1.807, 2.05) is 0 Å². The van der Waals surface area contributed by atoms with Gasteiger partial charge in [-0.2, -0.15) is 0 Å². The van der Waals surface area contributed by atoms with Crippen molar-refractivity contribution >= 4 is 35.6 Å². The molecule has 4 atom stereocenters. The van der Waals surface area contributed by atoms with Gasteiger partial charge in [0.2, 0.25) is 17.7 Å². The number of likely N-dealkylation sites (tertiary alicyclic amines) is 1. The van der Waals surface area contributed by atoms with Crippen LogP contribution in [0.15, 0.2) is 0 Å². The van der Waals surface area contributed by atoms with E-state index in [9.17, 15) is 33.9 Å². The average Bonchev–Trinajstić information content (AvgIpc) is 3.16. The average molecular weight is 458 g/mol. The molecule has 4 unspecified atom stereocenters. The summed E-state index contributed by atoms with van der Waals surface area (Å²) in [5.74, 6) is -6.46. The zero-order valence-electron chi connectivity index (χ0n) is 17.9. The van der Waals surface area contributed by atoms with Crippen LogP contribution in [-0.2, 0) is 28.8 Å². The van der Waals surface area contributed by atoms with E-state index < -0.39 is 78.6 Å². The van der Waals surface area contributed by atoms with Crippen LogP contribution < -0.4 is 16.4 Å². The molecule has 7 N–H and O–H groups in total. The molecule has 1 saturated heterocycles. The molecular formula is C19H30N4O9. The number of hydrogen-bond acceptors (Lipinski definition) is 7. The number of nitrogens with one attached hydrogen (secondary N) is 2. The summed E-state index contributed by atoms with van der Waals surface area (Å²) in [6, 6.07) is -4.84. The van der Waals surface area contributed by atoms with Gasteiger partial charge in [-0.1, -0.05) is 13.8 Å². The Morgan fingerprint density at radius 2 is 1.66 bits per heavy atom. The van der Waals surface area contributed by atoms with Crippen molar-refractivity contribution in [1.82, 2.24) is 15.5 Å². The largest absolute Gasteiger partial charge is 0.481 e. The number of aliphatic carboxylic acids is 3. The Balaban J connectivity index is 2.87. The zero-order chi connectivity index (χ0) is 24.6. The van der Waals surface area contributed by atoms with Gasteiger partial charge < -0.3 is 36.6 Å². The smallest absolute Gasteiger partial charge is 0.326 e. The lowest BCUT2D eigenvalue weighted by Crippen LogP contribution is -2.58. The molecule has 1 fully saturated rings. The fourth-order valence-electron chi connectivity index (χ4n) is 3.36. The van der Waals surface area contributed by atoms with Crippen LogP contribution in [0.25, 0.3) is 0 Å². The Hall–Kier alpha value is -3.22. The first-order valence-electron chi connectivity index (χ1n) is 10.2. The molecule has 0 spiro atoms. The first kappa shape index (κ1) is 26.8. The number of carboxylic acid groups (broad SMARTS) is 3. The van der Waals surface area contributed by atoms with E-state index in [0.717, 1.165) is 0 Å². The Morgan fingerprint density at radius 3 is 2.16 bits per heavy atom. The van der Waals surface area contributed by atoms with Crippen LogP contribution in [-0.4, -0.2) is 86.6 Å². The second-order valence-corrected chi connectivity index (χ2v) is 7.96. The van der Waals surface area contributed by atoms with Gasteiger partial charge in [-0.05, 0) is 25.2 Å². The molecule has 13 nitrogen and oxygen atoms in total. The third-order valence-corrected chi connectivity index (χ3v) is 5.06. The molecule has 0 radical (unpaired) electrons. The maximum absolute atomic E-state index is 12.8. The normalized spacial score (nSPS) is 18.5. The second-order valence-electron chi connectivity index (χ2n) is 7.96. The Kier molecular flexibility index (Phi) is 10.0. The van der Waals surface area contributed by atoms with Crippen molar-refractivity contribution in [1.29, 1.82) is 0 Å². The molecule has 1 rings (SSSR count). The van der Waals surface area contributed by atoms with Gasteiger partial charge in [0, 0.05) is 13.0 Å². The molecule has 1 aliphatic heterocycles. The highest BCUT2D eigenvalue weighted by molar-refractivity contribution is 5.95. The predicted molar refractivity (Wildman–Crippen MR) is 108 cm³/mol. The molecule has 180 valence electrons. The van der Waals surface area contributed by atoms with Gasteiger partial charge >= 0.3 is 17.9 Å². The van der Waals surface area contributed by atoms with Crippen LogP contribution >= 0.6 is 0 Å². The summed E-state index contributed by atoms with van der Waals surface area (Å²) in [6.45, 7) is 3.45. The van der Waals surface area contributed by atoms with Crippen LogP contribution in [0.4, 0.5) is 0 Å². The Morgan fingerprint density at radius 1 is 1.03 bits per heavy atom. The van der Waals surface area contributed by atoms with Crippen LogP contribution in [0.3, 0.4) is 0 Å². The number of carbonyl (C=O) groups excluding carboxylic acids is 3. The Labute approximate surface area is 184 Å². The number of nitrogens with zero attached hydrogens (tertiary/aromatic N) is 1. The number of carboxylic acids is 3. The molecule has 0 aromatic heterocycles. The van der Waals surface area contributed by atoms with Gasteiger partial charge in [-0.15, -0.1) is 0 Å². The minimum atomic E-state index is -1.45. The summed E-state index contributed by atoms with van der Waals surface area (Å²) in [4.78, 5) is 72.0. The van der Waals surface area contributed by atoms with Gasteiger partial charge in [0.05, 0.1) is 12.5 Å². The highest BCUT2D eigenvalue weighted by atomic mass is 16.4. The van der Waals surface area contributed by atoms with E-state index >= 15 is 0 Å². The SMILES string of the molecule is CC(C)C(NC(=O)C1CCCN1C(=O)C(N)CC(=O)O)C(=O)NC(CCC(=O)O)C(=O)O. The summed E-state index contributed by atoms with van der Waals surface area (Å²) in [7, 11) is 0. The molecule has 0 saturated carbocycles. The van der Waals surface area contributed by atoms with E-state index in [1.165, 1.54) is 4.90 Å². The molecule has 0 aliphatic carbocycles. The molecule has 13 heteroatoms. The standard InChI is InChI=1S/C19H30N4O9/c1-9(2)15(17(29)21-11(19(31)32)5-6-13(24)25)22-16(28)12-4-3-7-23(12)18(30)10(20)8-14(26)27/h9-12,15H,3-8,20H2,1-2H3,(H,21,29)(H,22,28)(H,24,25)(H,26,27)(H,31,32). The van der Waals surface area contributed by atoms with Gasteiger partial charge in [0.15, 0.2) is 0 Å². The van der Waals surface area contributed by atoms with Crippen molar-refractivity contribution < 1.29 is 44.1 Å². The van der Waals surface area contributed by atoms with Crippen molar-refractivity contribution in [3.63, 3.8) is 0 Å². The van der Waals surface area contributed by atoms with Crippen LogP contribution in [0.1, 0.15) is 46.0 Å². The van der Waals surface area contributed by atoms with Gasteiger partial charge in [-0.3, -0.25) is 24.0 Å². The highest BCUT2D eigenvalue weighted by Crippen LogP contribution is 2.19. The number of carbonyl (C=O) groups is 6. The molecule has 1 aliphatic rings. The zero-order valence-corrected chi connectivity index (χ0v) is 17.9. The van der Waals surface area contributed by atoms with E-state index in [2.05, 4.69) is 10.6 Å². The minimum Gasteiger partial charge on any atom is -0.481 e. The van der Waals surface area contributed by atoms with Gasteiger partial charge in [0.25, 0.3) is 0 Å². The molecule has 32 heavy (non-hydrogen) atoms. The number of nitrogens with two attached hydrogens (primary N) is 1. The maximum Gasteiger partial charge on any atom is 0.326 e. The van der Waals surface area contributed by atoms with E-state index in [1.54, 1.807) is 13.8 Å². The van der Waals surface area contributed by atoms with E-state index in [0.29, 0.717) is 12.8 Å². The summed E-state index contributed by atoms with van der Waals surface area (Å²) in [5.41, 5.74) is 5.63. The molecule has 0 aromatic rings. The number of hydrogen-bond donors (Lipinski definition) is 6. The molecule has 1 heterocycles.